The van der Waals surface area contributed by atoms with Gasteiger partial charge in [-0.1, -0.05) is 41.9 Å². The van der Waals surface area contributed by atoms with E-state index >= 15 is 0 Å². The monoisotopic (exact) mass is 472 g/mol. The molecule has 0 radical (unpaired) electrons. The molecule has 5 rings (SSSR count). The fourth-order valence-electron chi connectivity index (χ4n) is 4.20. The van der Waals surface area contributed by atoms with Crippen molar-refractivity contribution in [1.82, 2.24) is 19.8 Å². The first-order valence-electron chi connectivity index (χ1n) is 10.9. The maximum Gasteiger partial charge on any atom is 0.295 e. The molecule has 3 heterocycles. The maximum atomic E-state index is 13.1. The number of ketones is 1. The number of fused-ring (bicyclic) bond motifs is 1. The van der Waals surface area contributed by atoms with E-state index in [2.05, 4.69) is 9.97 Å². The summed E-state index contributed by atoms with van der Waals surface area (Å²) in [5, 5.41) is 1.26. The number of halogens is 1. The molecule has 170 valence electrons. The Labute approximate surface area is 201 Å². The third kappa shape index (κ3) is 4.06. The molecule has 4 aromatic rings. The summed E-state index contributed by atoms with van der Waals surface area (Å²) < 4.78 is 0. The van der Waals surface area contributed by atoms with Gasteiger partial charge in [-0.3, -0.25) is 19.4 Å². The molecule has 34 heavy (non-hydrogen) atoms. The van der Waals surface area contributed by atoms with Crippen molar-refractivity contribution in [2.24, 2.45) is 0 Å². The third-order valence-electron chi connectivity index (χ3n) is 6.03. The molecule has 0 spiro atoms. The predicted octanol–water partition coefficient (Wildman–Crippen LogP) is 4.05. The van der Waals surface area contributed by atoms with Crippen LogP contribution in [-0.2, 0) is 4.79 Å². The van der Waals surface area contributed by atoms with Gasteiger partial charge in [-0.05, 0) is 30.3 Å². The van der Waals surface area contributed by atoms with Crippen LogP contribution in [0.2, 0.25) is 5.02 Å². The van der Waals surface area contributed by atoms with E-state index in [-0.39, 0.29) is 5.91 Å². The highest BCUT2D eigenvalue weighted by molar-refractivity contribution is 6.45. The van der Waals surface area contributed by atoms with Gasteiger partial charge < -0.3 is 14.8 Å². The zero-order valence-electron chi connectivity index (χ0n) is 18.2. The van der Waals surface area contributed by atoms with Gasteiger partial charge in [0.2, 0.25) is 0 Å². The number of rotatable bonds is 4. The normalized spacial score (nSPS) is 13.8. The Morgan fingerprint density at radius 2 is 1.53 bits per heavy atom. The van der Waals surface area contributed by atoms with Gasteiger partial charge in [0.05, 0.1) is 16.8 Å². The summed E-state index contributed by atoms with van der Waals surface area (Å²) >= 11 is 5.99. The second-order valence-corrected chi connectivity index (χ2v) is 8.51. The Bertz CT molecular complexity index is 1370. The molecule has 1 aliphatic heterocycles. The fraction of sp³-hybridized carbons (Fsp3) is 0.154. The Morgan fingerprint density at radius 3 is 2.24 bits per heavy atom. The summed E-state index contributed by atoms with van der Waals surface area (Å²) in [5.41, 5.74) is 3.12. The molecule has 0 atom stereocenters. The minimum atomic E-state index is -0.581. The van der Waals surface area contributed by atoms with Crippen LogP contribution in [0.15, 0.2) is 73.1 Å². The molecule has 0 aliphatic carbocycles. The summed E-state index contributed by atoms with van der Waals surface area (Å²) in [4.78, 5) is 49.5. The first-order chi connectivity index (χ1) is 16.5. The molecule has 1 aliphatic rings. The average molecular weight is 473 g/mol. The Hall–Kier alpha value is -3.97. The van der Waals surface area contributed by atoms with Crippen LogP contribution in [0.4, 0.5) is 0 Å². The molecule has 0 bridgehead atoms. The molecular formula is C26H21ClN4O3. The average Bonchev–Trinajstić information content (AvgIpc) is 3.33. The van der Waals surface area contributed by atoms with E-state index in [0.29, 0.717) is 58.9 Å². The van der Waals surface area contributed by atoms with Crippen molar-refractivity contribution >= 4 is 40.1 Å². The summed E-state index contributed by atoms with van der Waals surface area (Å²) in [7, 11) is 0. The number of aromatic amines is 1. The van der Waals surface area contributed by atoms with Crippen molar-refractivity contribution in [3.63, 3.8) is 0 Å². The molecule has 1 saturated heterocycles. The number of hydrogen-bond acceptors (Lipinski definition) is 4. The van der Waals surface area contributed by atoms with E-state index < -0.39 is 11.7 Å². The van der Waals surface area contributed by atoms with E-state index in [1.54, 1.807) is 47.6 Å². The van der Waals surface area contributed by atoms with Crippen LogP contribution in [0.1, 0.15) is 20.7 Å². The molecule has 0 saturated carbocycles. The molecule has 1 fully saturated rings. The molecule has 8 heteroatoms. The molecule has 1 N–H and O–H groups in total. The lowest BCUT2D eigenvalue weighted by atomic mass is 10.1. The highest BCUT2D eigenvalue weighted by Gasteiger charge is 2.30. The van der Waals surface area contributed by atoms with Gasteiger partial charge in [0.15, 0.2) is 0 Å². The molecule has 7 nitrogen and oxygen atoms in total. The van der Waals surface area contributed by atoms with Gasteiger partial charge in [0.25, 0.3) is 17.6 Å². The number of nitrogens with zero attached hydrogens (tertiary/aromatic N) is 3. The zero-order valence-corrected chi connectivity index (χ0v) is 19.0. The molecule has 2 amide bonds. The van der Waals surface area contributed by atoms with Crippen molar-refractivity contribution < 1.29 is 14.4 Å². The van der Waals surface area contributed by atoms with E-state index in [1.165, 1.54) is 4.90 Å². The van der Waals surface area contributed by atoms with E-state index in [1.807, 2.05) is 30.3 Å². The second kappa shape index (κ2) is 9.11. The quantitative estimate of drug-likeness (QED) is 0.358. The number of carbonyl (C=O) groups excluding carboxylic acids is 3. The minimum absolute atomic E-state index is 0.0714. The SMILES string of the molecule is O=C(C(=O)N1CCN(C(=O)c2ccccc2)CC1)c1c[nH]c2c(-c3ccc(Cl)cc3)nccc12. The van der Waals surface area contributed by atoms with E-state index in [4.69, 9.17) is 11.6 Å². The number of H-pyrrole nitrogens is 1. The lowest BCUT2D eigenvalue weighted by Crippen LogP contribution is -2.52. The topological polar surface area (TPSA) is 86.4 Å². The number of carbonyl (C=O) groups is 3. The lowest BCUT2D eigenvalue weighted by Gasteiger charge is -2.34. The first-order valence-corrected chi connectivity index (χ1v) is 11.3. The van der Waals surface area contributed by atoms with Crippen LogP contribution in [0, 0.1) is 0 Å². The summed E-state index contributed by atoms with van der Waals surface area (Å²) in [6.45, 7) is 1.38. The van der Waals surface area contributed by atoms with Crippen LogP contribution >= 0.6 is 11.6 Å². The predicted molar refractivity (Wildman–Crippen MR) is 130 cm³/mol. The molecule has 0 unspecified atom stereocenters. The lowest BCUT2D eigenvalue weighted by molar-refractivity contribution is -0.127. The summed E-state index contributed by atoms with van der Waals surface area (Å²) in [6, 6.07) is 18.0. The molecule has 2 aromatic heterocycles. The highest BCUT2D eigenvalue weighted by atomic mass is 35.5. The largest absolute Gasteiger partial charge is 0.359 e. The van der Waals surface area contributed by atoms with E-state index in [0.717, 1.165) is 5.56 Å². The van der Waals surface area contributed by atoms with Crippen molar-refractivity contribution in [3.8, 4) is 11.3 Å². The smallest absolute Gasteiger partial charge is 0.295 e. The van der Waals surface area contributed by atoms with Crippen LogP contribution < -0.4 is 0 Å². The fourth-order valence-corrected chi connectivity index (χ4v) is 4.33. The number of nitrogens with one attached hydrogen (secondary N) is 1. The Kier molecular flexibility index (Phi) is 5.86. The summed E-state index contributed by atoms with van der Waals surface area (Å²) in [5.74, 6) is -1.22. The number of aromatic nitrogens is 2. The summed E-state index contributed by atoms with van der Waals surface area (Å²) in [6.07, 6.45) is 3.18. The molecular weight excluding hydrogens is 452 g/mol. The van der Waals surface area contributed by atoms with Crippen LogP contribution in [0.5, 0.6) is 0 Å². The van der Waals surface area contributed by atoms with Crippen molar-refractivity contribution in [2.75, 3.05) is 26.2 Å². The minimum Gasteiger partial charge on any atom is -0.359 e. The Morgan fingerprint density at radius 1 is 0.853 bits per heavy atom. The highest BCUT2D eigenvalue weighted by Crippen LogP contribution is 2.29. The van der Waals surface area contributed by atoms with Gasteiger partial charge in [0.1, 0.15) is 0 Å². The number of amides is 2. The van der Waals surface area contributed by atoms with Crippen LogP contribution in [0.3, 0.4) is 0 Å². The van der Waals surface area contributed by atoms with Crippen molar-refractivity contribution in [2.45, 2.75) is 0 Å². The number of Topliss-reactive ketones (excluding diaryl/α,β-unsaturated/α-hetero) is 1. The van der Waals surface area contributed by atoms with Crippen molar-refractivity contribution in [1.29, 1.82) is 0 Å². The number of pyridine rings is 1. The van der Waals surface area contributed by atoms with E-state index in [9.17, 15) is 14.4 Å². The maximum absolute atomic E-state index is 13.1. The molecule has 2 aromatic carbocycles. The number of hydrogen-bond donors (Lipinski definition) is 1. The third-order valence-corrected chi connectivity index (χ3v) is 6.29. The van der Waals surface area contributed by atoms with Gasteiger partial charge in [-0.2, -0.15) is 0 Å². The number of piperazine rings is 1. The van der Waals surface area contributed by atoms with Crippen LogP contribution in [0.25, 0.3) is 22.2 Å². The Balaban J connectivity index is 1.32. The van der Waals surface area contributed by atoms with Gasteiger partial charge in [-0.25, -0.2) is 0 Å². The zero-order chi connectivity index (χ0) is 23.7. The van der Waals surface area contributed by atoms with Crippen molar-refractivity contribution in [3.05, 3.63) is 89.2 Å². The first kappa shape index (κ1) is 21.9. The van der Waals surface area contributed by atoms with Gasteiger partial charge >= 0.3 is 0 Å². The number of benzene rings is 2. The van der Waals surface area contributed by atoms with Crippen LogP contribution in [-0.4, -0.2) is 63.5 Å². The van der Waals surface area contributed by atoms with Gasteiger partial charge in [0, 0.05) is 60.1 Å². The standard InChI is InChI=1S/C26H21ClN4O3/c27-19-8-6-17(7-9-19)22-23-20(10-11-28-22)21(16-29-23)24(32)26(34)31-14-12-30(13-15-31)25(33)18-4-2-1-3-5-18/h1-11,16,29H,12-15H2. The second-order valence-electron chi connectivity index (χ2n) is 8.07. The van der Waals surface area contributed by atoms with Gasteiger partial charge in [-0.15, -0.1) is 0 Å².